The Balaban J connectivity index is 1.72. The fourth-order valence-electron chi connectivity index (χ4n) is 2.98. The molecule has 1 saturated carbocycles. The molecule has 3 heteroatoms. The summed E-state index contributed by atoms with van der Waals surface area (Å²) in [6, 6.07) is 5.74. The van der Waals surface area contributed by atoms with E-state index >= 15 is 0 Å². The van der Waals surface area contributed by atoms with Gasteiger partial charge in [-0.05, 0) is 55.0 Å². The van der Waals surface area contributed by atoms with Gasteiger partial charge < -0.3 is 5.32 Å². The molecule has 1 N–H and O–H groups in total. The zero-order valence-corrected chi connectivity index (χ0v) is 13.1. The first-order valence-electron chi connectivity index (χ1n) is 7.33. The lowest BCUT2D eigenvalue weighted by Crippen LogP contribution is -2.26. The second-order valence-electron chi connectivity index (χ2n) is 5.70. The van der Waals surface area contributed by atoms with Crippen molar-refractivity contribution in [3.05, 3.63) is 33.8 Å². The number of benzene rings is 1. The Morgan fingerprint density at radius 1 is 1.00 bits per heavy atom. The highest BCUT2D eigenvalue weighted by molar-refractivity contribution is 6.34. The summed E-state index contributed by atoms with van der Waals surface area (Å²) in [5, 5.41) is 4.97. The quantitative estimate of drug-likeness (QED) is 0.778. The summed E-state index contributed by atoms with van der Waals surface area (Å²) in [4.78, 5) is 0. The van der Waals surface area contributed by atoms with Gasteiger partial charge in [0, 0.05) is 16.6 Å². The minimum Gasteiger partial charge on any atom is -0.312 e. The molecule has 0 atom stereocenters. The molecule has 1 nitrogen and oxygen atoms in total. The molecule has 0 saturated heterocycles. The van der Waals surface area contributed by atoms with Crippen LogP contribution in [0.1, 0.15) is 44.6 Å². The average Bonchev–Trinajstić information content (AvgIpc) is 2.38. The predicted molar refractivity (Wildman–Crippen MR) is 83.9 cm³/mol. The van der Waals surface area contributed by atoms with Crippen LogP contribution in [0.15, 0.2) is 18.2 Å². The van der Waals surface area contributed by atoms with Crippen LogP contribution in [0.2, 0.25) is 10.0 Å². The Kier molecular flexibility index (Phi) is 6.00. The zero-order valence-electron chi connectivity index (χ0n) is 11.6. The molecule has 0 radical (unpaired) electrons. The smallest absolute Gasteiger partial charge is 0.0424 e. The Labute approximate surface area is 126 Å². The Bertz CT molecular complexity index is 377. The summed E-state index contributed by atoms with van der Waals surface area (Å²) in [7, 11) is 0. The Morgan fingerprint density at radius 3 is 2.16 bits per heavy atom. The molecule has 2 rings (SSSR count). The molecule has 0 heterocycles. The topological polar surface area (TPSA) is 12.0 Å². The van der Waals surface area contributed by atoms with Crippen LogP contribution in [-0.2, 0) is 6.54 Å². The molecule has 1 aromatic rings. The summed E-state index contributed by atoms with van der Waals surface area (Å²) in [5.74, 6) is 1.82. The number of rotatable bonds is 5. The summed E-state index contributed by atoms with van der Waals surface area (Å²) in [5.41, 5.74) is 1.17. The minimum atomic E-state index is 0.716. The van der Waals surface area contributed by atoms with Crippen LogP contribution in [0.25, 0.3) is 0 Å². The van der Waals surface area contributed by atoms with E-state index in [0.717, 1.165) is 24.9 Å². The highest BCUT2D eigenvalue weighted by Crippen LogP contribution is 2.30. The van der Waals surface area contributed by atoms with Gasteiger partial charge in [-0.25, -0.2) is 0 Å². The van der Waals surface area contributed by atoms with E-state index < -0.39 is 0 Å². The number of halogens is 2. The molecule has 1 fully saturated rings. The van der Waals surface area contributed by atoms with Gasteiger partial charge in [-0.1, -0.05) is 49.4 Å². The van der Waals surface area contributed by atoms with Crippen LogP contribution in [0, 0.1) is 11.8 Å². The van der Waals surface area contributed by atoms with Gasteiger partial charge in [-0.2, -0.15) is 0 Å². The molecular weight excluding hydrogens is 277 g/mol. The molecule has 1 aliphatic carbocycles. The summed E-state index contributed by atoms with van der Waals surface area (Å²) in [6.07, 6.45) is 6.92. The highest BCUT2D eigenvalue weighted by atomic mass is 35.5. The molecule has 0 spiro atoms. The third-order valence-electron chi connectivity index (χ3n) is 4.23. The van der Waals surface area contributed by atoms with Gasteiger partial charge in [-0.15, -0.1) is 0 Å². The van der Waals surface area contributed by atoms with E-state index in [1.165, 1.54) is 37.7 Å². The highest BCUT2D eigenvalue weighted by Gasteiger charge is 2.19. The van der Waals surface area contributed by atoms with Crippen LogP contribution >= 0.6 is 23.2 Å². The zero-order chi connectivity index (χ0) is 13.7. The van der Waals surface area contributed by atoms with Gasteiger partial charge in [-0.3, -0.25) is 0 Å². The van der Waals surface area contributed by atoms with Crippen molar-refractivity contribution in [1.82, 2.24) is 5.32 Å². The summed E-state index contributed by atoms with van der Waals surface area (Å²) in [6.45, 7) is 4.28. The molecule has 0 bridgehead atoms. The van der Waals surface area contributed by atoms with Crippen molar-refractivity contribution in [2.45, 2.75) is 45.6 Å². The van der Waals surface area contributed by atoms with Crippen LogP contribution in [-0.4, -0.2) is 6.54 Å². The lowest BCUT2D eigenvalue weighted by atomic mass is 9.81. The summed E-state index contributed by atoms with van der Waals surface area (Å²) >= 11 is 12.0. The van der Waals surface area contributed by atoms with Crippen molar-refractivity contribution in [3.8, 4) is 0 Å². The molecule has 19 heavy (non-hydrogen) atoms. The normalized spacial score (nSPS) is 23.5. The van der Waals surface area contributed by atoms with E-state index in [9.17, 15) is 0 Å². The first kappa shape index (κ1) is 15.2. The summed E-state index contributed by atoms with van der Waals surface area (Å²) < 4.78 is 0. The maximum absolute atomic E-state index is 6.00. The number of nitrogens with one attached hydrogen (secondary N) is 1. The fourth-order valence-corrected chi connectivity index (χ4v) is 3.55. The van der Waals surface area contributed by atoms with Gasteiger partial charge in [0.25, 0.3) is 0 Å². The van der Waals surface area contributed by atoms with Crippen molar-refractivity contribution in [2.75, 3.05) is 6.54 Å². The standard InChI is InChI=1S/C16H23Cl2N/c1-2-12-3-5-13(6-4-12)10-19-11-14-7-15(17)9-16(18)8-14/h7-9,12-13,19H,2-6,10-11H2,1H3. The van der Waals surface area contributed by atoms with Crippen LogP contribution in [0.5, 0.6) is 0 Å². The van der Waals surface area contributed by atoms with E-state index in [1.807, 2.05) is 12.1 Å². The van der Waals surface area contributed by atoms with Crippen LogP contribution < -0.4 is 5.32 Å². The maximum atomic E-state index is 6.00. The lowest BCUT2D eigenvalue weighted by molar-refractivity contribution is 0.262. The van der Waals surface area contributed by atoms with Crippen molar-refractivity contribution in [1.29, 1.82) is 0 Å². The van der Waals surface area contributed by atoms with E-state index in [4.69, 9.17) is 23.2 Å². The van der Waals surface area contributed by atoms with Gasteiger partial charge in [0.15, 0.2) is 0 Å². The Morgan fingerprint density at radius 2 is 1.58 bits per heavy atom. The largest absolute Gasteiger partial charge is 0.312 e. The molecular formula is C16H23Cl2N. The van der Waals surface area contributed by atoms with Gasteiger partial charge in [0.05, 0.1) is 0 Å². The van der Waals surface area contributed by atoms with Crippen molar-refractivity contribution >= 4 is 23.2 Å². The van der Waals surface area contributed by atoms with Crippen molar-refractivity contribution < 1.29 is 0 Å². The molecule has 0 aliphatic heterocycles. The molecule has 0 amide bonds. The van der Waals surface area contributed by atoms with E-state index in [0.29, 0.717) is 10.0 Å². The van der Waals surface area contributed by atoms with Crippen LogP contribution in [0.4, 0.5) is 0 Å². The van der Waals surface area contributed by atoms with E-state index in [1.54, 1.807) is 6.07 Å². The first-order chi connectivity index (χ1) is 9.17. The van der Waals surface area contributed by atoms with E-state index in [2.05, 4.69) is 12.2 Å². The third kappa shape index (κ3) is 4.98. The van der Waals surface area contributed by atoms with E-state index in [-0.39, 0.29) is 0 Å². The maximum Gasteiger partial charge on any atom is 0.0424 e. The molecule has 1 aliphatic rings. The second kappa shape index (κ2) is 7.52. The minimum absolute atomic E-state index is 0.716. The number of hydrogen-bond donors (Lipinski definition) is 1. The molecule has 1 aromatic carbocycles. The van der Waals surface area contributed by atoms with Crippen LogP contribution in [0.3, 0.4) is 0 Å². The van der Waals surface area contributed by atoms with Gasteiger partial charge >= 0.3 is 0 Å². The second-order valence-corrected chi connectivity index (χ2v) is 6.58. The average molecular weight is 300 g/mol. The molecule has 0 unspecified atom stereocenters. The monoisotopic (exact) mass is 299 g/mol. The third-order valence-corrected chi connectivity index (χ3v) is 4.66. The lowest BCUT2D eigenvalue weighted by Gasteiger charge is -2.27. The predicted octanol–water partition coefficient (Wildman–Crippen LogP) is 5.30. The molecule has 0 aromatic heterocycles. The molecule has 106 valence electrons. The van der Waals surface area contributed by atoms with Crippen molar-refractivity contribution in [3.63, 3.8) is 0 Å². The van der Waals surface area contributed by atoms with Gasteiger partial charge in [0.2, 0.25) is 0 Å². The fraction of sp³-hybridized carbons (Fsp3) is 0.625. The number of hydrogen-bond acceptors (Lipinski definition) is 1. The van der Waals surface area contributed by atoms with Crippen molar-refractivity contribution in [2.24, 2.45) is 11.8 Å². The Hall–Kier alpha value is -0.240. The van der Waals surface area contributed by atoms with Gasteiger partial charge in [0.1, 0.15) is 0 Å². The SMILES string of the molecule is CCC1CCC(CNCc2cc(Cl)cc(Cl)c2)CC1. The first-order valence-corrected chi connectivity index (χ1v) is 8.08.